The predicted octanol–water partition coefficient (Wildman–Crippen LogP) is 2.43. The van der Waals surface area contributed by atoms with E-state index in [4.69, 9.17) is 4.74 Å². The SMILES string of the molecule is COc1cc2ccc(C(=O)C3CCCNC3)cc2cn1. The van der Waals surface area contributed by atoms with Gasteiger partial charge in [0.25, 0.3) is 0 Å². The fraction of sp³-hybridized carbons (Fsp3) is 0.375. The zero-order chi connectivity index (χ0) is 13.9. The van der Waals surface area contributed by atoms with E-state index >= 15 is 0 Å². The molecule has 1 N–H and O–H groups in total. The molecular weight excluding hydrogens is 252 g/mol. The molecule has 20 heavy (non-hydrogen) atoms. The number of ether oxygens (including phenoxy) is 1. The van der Waals surface area contributed by atoms with E-state index in [-0.39, 0.29) is 11.7 Å². The summed E-state index contributed by atoms with van der Waals surface area (Å²) in [6.45, 7) is 1.81. The van der Waals surface area contributed by atoms with Gasteiger partial charge in [-0.2, -0.15) is 0 Å². The molecule has 1 aliphatic heterocycles. The minimum atomic E-state index is 0.104. The van der Waals surface area contributed by atoms with E-state index in [2.05, 4.69) is 10.3 Å². The Morgan fingerprint density at radius 3 is 3.00 bits per heavy atom. The summed E-state index contributed by atoms with van der Waals surface area (Å²) in [5, 5.41) is 5.30. The van der Waals surface area contributed by atoms with Gasteiger partial charge in [-0.05, 0) is 30.8 Å². The topological polar surface area (TPSA) is 51.2 Å². The first-order chi connectivity index (χ1) is 9.78. The molecule has 1 atom stereocenters. The summed E-state index contributed by atoms with van der Waals surface area (Å²) in [4.78, 5) is 16.7. The lowest BCUT2D eigenvalue weighted by Gasteiger charge is -2.21. The van der Waals surface area contributed by atoms with E-state index in [1.54, 1.807) is 13.3 Å². The Morgan fingerprint density at radius 2 is 2.25 bits per heavy atom. The average Bonchev–Trinajstić information content (AvgIpc) is 2.54. The molecule has 0 saturated carbocycles. The van der Waals surface area contributed by atoms with E-state index in [1.165, 1.54) is 0 Å². The highest BCUT2D eigenvalue weighted by Crippen LogP contribution is 2.22. The summed E-state index contributed by atoms with van der Waals surface area (Å²) in [7, 11) is 1.60. The first kappa shape index (κ1) is 13.1. The molecule has 1 aliphatic rings. The number of piperidine rings is 1. The maximum atomic E-state index is 12.5. The molecule has 0 amide bonds. The Kier molecular flexibility index (Phi) is 3.65. The molecular formula is C16H18N2O2. The fourth-order valence-corrected chi connectivity index (χ4v) is 2.70. The molecule has 2 aromatic rings. The third-order valence-electron chi connectivity index (χ3n) is 3.86. The van der Waals surface area contributed by atoms with Crippen LogP contribution in [-0.4, -0.2) is 31.0 Å². The van der Waals surface area contributed by atoms with Crippen LogP contribution in [0.5, 0.6) is 5.88 Å². The van der Waals surface area contributed by atoms with Crippen LogP contribution in [0.1, 0.15) is 23.2 Å². The molecule has 4 heteroatoms. The Morgan fingerprint density at radius 1 is 1.35 bits per heavy atom. The van der Waals surface area contributed by atoms with Gasteiger partial charge in [-0.3, -0.25) is 4.79 Å². The number of carbonyl (C=O) groups is 1. The van der Waals surface area contributed by atoms with Gasteiger partial charge in [0.1, 0.15) is 0 Å². The van der Waals surface area contributed by atoms with Crippen molar-refractivity contribution >= 4 is 16.6 Å². The highest BCUT2D eigenvalue weighted by molar-refractivity contribution is 6.01. The third kappa shape index (κ3) is 2.51. The van der Waals surface area contributed by atoms with Gasteiger partial charge in [0.15, 0.2) is 5.78 Å². The molecule has 1 saturated heterocycles. The van der Waals surface area contributed by atoms with Gasteiger partial charge in [-0.25, -0.2) is 4.98 Å². The quantitative estimate of drug-likeness (QED) is 0.870. The molecule has 4 nitrogen and oxygen atoms in total. The van der Waals surface area contributed by atoms with Gasteiger partial charge in [-0.1, -0.05) is 12.1 Å². The van der Waals surface area contributed by atoms with E-state index in [0.717, 1.165) is 42.3 Å². The Hall–Kier alpha value is -1.94. The molecule has 1 unspecified atom stereocenters. The number of fused-ring (bicyclic) bond motifs is 1. The molecule has 2 heterocycles. The van der Waals surface area contributed by atoms with E-state index in [0.29, 0.717) is 5.88 Å². The number of pyridine rings is 1. The summed E-state index contributed by atoms with van der Waals surface area (Å²) < 4.78 is 5.11. The second kappa shape index (κ2) is 5.59. The number of nitrogens with one attached hydrogen (secondary N) is 1. The van der Waals surface area contributed by atoms with Crippen LogP contribution in [0.2, 0.25) is 0 Å². The number of aromatic nitrogens is 1. The maximum Gasteiger partial charge on any atom is 0.213 e. The lowest BCUT2D eigenvalue weighted by atomic mass is 9.90. The Balaban J connectivity index is 1.90. The second-order valence-electron chi connectivity index (χ2n) is 5.20. The van der Waals surface area contributed by atoms with Crippen molar-refractivity contribution in [1.82, 2.24) is 10.3 Å². The van der Waals surface area contributed by atoms with Crippen LogP contribution in [0.15, 0.2) is 30.5 Å². The van der Waals surface area contributed by atoms with Gasteiger partial charge in [0.2, 0.25) is 5.88 Å². The highest BCUT2D eigenvalue weighted by atomic mass is 16.5. The largest absolute Gasteiger partial charge is 0.481 e. The maximum absolute atomic E-state index is 12.5. The number of hydrogen-bond acceptors (Lipinski definition) is 4. The minimum Gasteiger partial charge on any atom is -0.481 e. The smallest absolute Gasteiger partial charge is 0.213 e. The Labute approximate surface area is 118 Å². The molecule has 0 bridgehead atoms. The lowest BCUT2D eigenvalue weighted by Crippen LogP contribution is -2.34. The van der Waals surface area contributed by atoms with Crippen molar-refractivity contribution in [2.24, 2.45) is 5.92 Å². The fourth-order valence-electron chi connectivity index (χ4n) is 2.70. The third-order valence-corrected chi connectivity index (χ3v) is 3.86. The predicted molar refractivity (Wildman–Crippen MR) is 78.2 cm³/mol. The van der Waals surface area contributed by atoms with Crippen LogP contribution in [0.25, 0.3) is 10.8 Å². The molecule has 1 aromatic carbocycles. The van der Waals surface area contributed by atoms with Gasteiger partial charge in [0, 0.05) is 35.7 Å². The van der Waals surface area contributed by atoms with Crippen molar-refractivity contribution < 1.29 is 9.53 Å². The van der Waals surface area contributed by atoms with Crippen molar-refractivity contribution in [1.29, 1.82) is 0 Å². The normalized spacial score (nSPS) is 18.9. The van der Waals surface area contributed by atoms with Crippen molar-refractivity contribution in [3.8, 4) is 5.88 Å². The van der Waals surface area contributed by atoms with Crippen molar-refractivity contribution in [2.75, 3.05) is 20.2 Å². The number of hydrogen-bond donors (Lipinski definition) is 1. The summed E-state index contributed by atoms with van der Waals surface area (Å²) in [6, 6.07) is 7.67. The van der Waals surface area contributed by atoms with E-state index in [9.17, 15) is 4.79 Å². The second-order valence-corrected chi connectivity index (χ2v) is 5.20. The van der Waals surface area contributed by atoms with Gasteiger partial charge < -0.3 is 10.1 Å². The van der Waals surface area contributed by atoms with Crippen LogP contribution in [0.4, 0.5) is 0 Å². The summed E-state index contributed by atoms with van der Waals surface area (Å²) in [5.74, 6) is 0.926. The number of carbonyl (C=O) groups excluding carboxylic acids is 1. The number of rotatable bonds is 3. The molecule has 1 aromatic heterocycles. The van der Waals surface area contributed by atoms with Crippen LogP contribution < -0.4 is 10.1 Å². The molecule has 3 rings (SSSR count). The molecule has 0 spiro atoms. The van der Waals surface area contributed by atoms with Crippen LogP contribution in [0.3, 0.4) is 0 Å². The summed E-state index contributed by atoms with van der Waals surface area (Å²) in [6.07, 6.45) is 3.80. The van der Waals surface area contributed by atoms with Crippen molar-refractivity contribution in [2.45, 2.75) is 12.8 Å². The average molecular weight is 270 g/mol. The van der Waals surface area contributed by atoms with Crippen molar-refractivity contribution in [3.63, 3.8) is 0 Å². The summed E-state index contributed by atoms with van der Waals surface area (Å²) >= 11 is 0. The number of benzene rings is 1. The van der Waals surface area contributed by atoms with E-state index in [1.807, 2.05) is 24.3 Å². The van der Waals surface area contributed by atoms with Gasteiger partial charge in [-0.15, -0.1) is 0 Å². The standard InChI is InChI=1S/C16H18N2O2/c1-20-15-8-11-4-5-12(7-14(11)10-18-15)16(19)13-3-2-6-17-9-13/h4-5,7-8,10,13,17H,2-3,6,9H2,1H3. The number of ketones is 1. The molecule has 0 radical (unpaired) electrons. The van der Waals surface area contributed by atoms with E-state index < -0.39 is 0 Å². The van der Waals surface area contributed by atoms with Crippen LogP contribution in [0, 0.1) is 5.92 Å². The lowest BCUT2D eigenvalue weighted by molar-refractivity contribution is 0.0900. The zero-order valence-electron chi connectivity index (χ0n) is 11.6. The van der Waals surface area contributed by atoms with Crippen molar-refractivity contribution in [3.05, 3.63) is 36.0 Å². The summed E-state index contributed by atoms with van der Waals surface area (Å²) in [5.41, 5.74) is 0.776. The zero-order valence-corrected chi connectivity index (χ0v) is 11.6. The first-order valence-corrected chi connectivity index (χ1v) is 6.96. The Bertz CT molecular complexity index is 633. The number of nitrogens with zero attached hydrogens (tertiary/aromatic N) is 1. The van der Waals surface area contributed by atoms with Gasteiger partial charge in [0.05, 0.1) is 7.11 Å². The van der Waals surface area contributed by atoms with Crippen LogP contribution in [-0.2, 0) is 0 Å². The molecule has 104 valence electrons. The first-order valence-electron chi connectivity index (χ1n) is 6.96. The van der Waals surface area contributed by atoms with Crippen LogP contribution >= 0.6 is 0 Å². The monoisotopic (exact) mass is 270 g/mol. The highest BCUT2D eigenvalue weighted by Gasteiger charge is 2.22. The van der Waals surface area contributed by atoms with Gasteiger partial charge >= 0.3 is 0 Å². The molecule has 1 fully saturated rings. The number of methoxy groups -OCH3 is 1. The molecule has 0 aliphatic carbocycles. The number of Topliss-reactive ketones (excluding diaryl/α,β-unsaturated/α-hetero) is 1. The minimum absolute atomic E-state index is 0.104.